The van der Waals surface area contributed by atoms with Crippen LogP contribution in [0.2, 0.25) is 0 Å². The van der Waals surface area contributed by atoms with Crippen LogP contribution in [-0.4, -0.2) is 23.1 Å². The van der Waals surface area contributed by atoms with Crippen molar-refractivity contribution in [1.82, 2.24) is 9.88 Å². The molecule has 1 heterocycles. The summed E-state index contributed by atoms with van der Waals surface area (Å²) in [4.78, 5) is 24.0. The first kappa shape index (κ1) is 16.2. The molecule has 0 aliphatic rings. The number of hydrogen-bond donors (Lipinski definition) is 2. The van der Waals surface area contributed by atoms with Gasteiger partial charge in [-0.1, -0.05) is 31.9 Å². The number of pyridine rings is 1. The van der Waals surface area contributed by atoms with Crippen molar-refractivity contribution in [1.29, 1.82) is 0 Å². The molecule has 0 fully saturated rings. The molecule has 2 rings (SSSR count). The van der Waals surface area contributed by atoms with Gasteiger partial charge in [0.1, 0.15) is 6.54 Å². The third-order valence-corrected chi connectivity index (χ3v) is 3.75. The Morgan fingerprint density at radius 3 is 2.82 bits per heavy atom. The minimum atomic E-state index is -0.0830. The third kappa shape index (κ3) is 3.95. The second-order valence-electron chi connectivity index (χ2n) is 5.47. The number of nitrogens with one attached hydrogen (secondary N) is 1. The summed E-state index contributed by atoms with van der Waals surface area (Å²) in [5, 5.41) is 3.59. The SMILES string of the molecule is CCCCC(CN)NC(=O)Cn1ccc(=O)c2ccccc21. The lowest BCUT2D eigenvalue weighted by Crippen LogP contribution is -2.41. The van der Waals surface area contributed by atoms with E-state index in [0.717, 1.165) is 24.8 Å². The maximum Gasteiger partial charge on any atom is 0.240 e. The Hall–Kier alpha value is -2.14. The summed E-state index contributed by atoms with van der Waals surface area (Å²) in [6, 6.07) is 8.81. The number of benzene rings is 1. The lowest BCUT2D eigenvalue weighted by Gasteiger charge is -2.17. The summed E-state index contributed by atoms with van der Waals surface area (Å²) < 4.78 is 1.79. The van der Waals surface area contributed by atoms with E-state index in [-0.39, 0.29) is 23.9 Å². The van der Waals surface area contributed by atoms with Crippen LogP contribution < -0.4 is 16.5 Å². The monoisotopic (exact) mass is 301 g/mol. The second kappa shape index (κ2) is 7.75. The average Bonchev–Trinajstić information content (AvgIpc) is 2.54. The van der Waals surface area contributed by atoms with E-state index in [9.17, 15) is 9.59 Å². The van der Waals surface area contributed by atoms with E-state index in [0.29, 0.717) is 11.9 Å². The summed E-state index contributed by atoms with van der Waals surface area (Å²) in [5.74, 6) is -0.0830. The Balaban J connectivity index is 2.12. The maximum absolute atomic E-state index is 12.2. The van der Waals surface area contributed by atoms with E-state index in [2.05, 4.69) is 12.2 Å². The Kier molecular flexibility index (Phi) is 5.72. The van der Waals surface area contributed by atoms with Gasteiger partial charge in [0.05, 0.1) is 5.52 Å². The third-order valence-electron chi connectivity index (χ3n) is 3.75. The van der Waals surface area contributed by atoms with Gasteiger partial charge in [-0.05, 0) is 18.6 Å². The standard InChI is InChI=1S/C17H23N3O2/c1-2-3-6-13(11-18)19-17(22)12-20-10-9-16(21)14-7-4-5-8-15(14)20/h4-5,7-10,13H,2-3,6,11-12,18H2,1H3,(H,19,22). The average molecular weight is 301 g/mol. The summed E-state index contributed by atoms with van der Waals surface area (Å²) in [6.07, 6.45) is 4.68. The summed E-state index contributed by atoms with van der Waals surface area (Å²) in [5.41, 5.74) is 6.44. The molecule has 22 heavy (non-hydrogen) atoms. The molecule has 0 saturated carbocycles. The van der Waals surface area contributed by atoms with Crippen LogP contribution in [0.3, 0.4) is 0 Å². The number of aromatic nitrogens is 1. The van der Waals surface area contributed by atoms with Gasteiger partial charge >= 0.3 is 0 Å². The molecule has 0 spiro atoms. The lowest BCUT2D eigenvalue weighted by molar-refractivity contribution is -0.122. The van der Waals surface area contributed by atoms with Gasteiger partial charge in [0.15, 0.2) is 5.43 Å². The van der Waals surface area contributed by atoms with Gasteiger partial charge < -0.3 is 15.6 Å². The van der Waals surface area contributed by atoms with Gasteiger partial charge in [0.2, 0.25) is 5.91 Å². The number of amides is 1. The largest absolute Gasteiger partial charge is 0.351 e. The molecular formula is C17H23N3O2. The van der Waals surface area contributed by atoms with Crippen molar-refractivity contribution in [2.45, 2.75) is 38.8 Å². The highest BCUT2D eigenvalue weighted by molar-refractivity contribution is 5.82. The van der Waals surface area contributed by atoms with Gasteiger partial charge in [0, 0.05) is 30.2 Å². The van der Waals surface area contributed by atoms with Crippen molar-refractivity contribution in [2.75, 3.05) is 6.54 Å². The number of rotatable bonds is 7. The highest BCUT2D eigenvalue weighted by Crippen LogP contribution is 2.09. The Labute approximate surface area is 130 Å². The first-order chi connectivity index (χ1) is 10.7. The molecule has 118 valence electrons. The van der Waals surface area contributed by atoms with Crippen molar-refractivity contribution >= 4 is 16.8 Å². The van der Waals surface area contributed by atoms with Crippen molar-refractivity contribution in [2.24, 2.45) is 5.73 Å². The Morgan fingerprint density at radius 2 is 2.09 bits per heavy atom. The predicted octanol–water partition coefficient (Wildman–Crippen LogP) is 1.64. The Morgan fingerprint density at radius 1 is 1.32 bits per heavy atom. The maximum atomic E-state index is 12.2. The van der Waals surface area contributed by atoms with Crippen LogP contribution in [0.4, 0.5) is 0 Å². The number of nitrogens with two attached hydrogens (primary N) is 1. The molecule has 0 radical (unpaired) electrons. The smallest absolute Gasteiger partial charge is 0.240 e. The highest BCUT2D eigenvalue weighted by Gasteiger charge is 2.11. The van der Waals surface area contributed by atoms with Crippen molar-refractivity contribution in [3.63, 3.8) is 0 Å². The van der Waals surface area contributed by atoms with Crippen LogP contribution in [0.25, 0.3) is 10.9 Å². The number of unbranched alkanes of at least 4 members (excludes halogenated alkanes) is 1. The molecule has 2 aromatic rings. The number of carbonyl (C=O) groups excluding carboxylic acids is 1. The van der Waals surface area contributed by atoms with Gasteiger partial charge in [0.25, 0.3) is 0 Å². The van der Waals surface area contributed by atoms with Gasteiger partial charge in [-0.2, -0.15) is 0 Å². The van der Waals surface area contributed by atoms with Gasteiger partial charge in [-0.25, -0.2) is 0 Å². The summed E-state index contributed by atoms with van der Waals surface area (Å²) in [6.45, 7) is 2.74. The number of para-hydroxylation sites is 1. The van der Waals surface area contributed by atoms with Crippen molar-refractivity contribution in [3.8, 4) is 0 Å². The molecule has 0 aliphatic carbocycles. The van der Waals surface area contributed by atoms with E-state index in [1.807, 2.05) is 18.2 Å². The number of nitrogens with zero attached hydrogens (tertiary/aromatic N) is 1. The number of carbonyl (C=O) groups is 1. The molecule has 1 aromatic heterocycles. The van der Waals surface area contributed by atoms with Gasteiger partial charge in [-0.3, -0.25) is 9.59 Å². The fourth-order valence-electron chi connectivity index (χ4n) is 2.53. The quantitative estimate of drug-likeness (QED) is 0.816. The van der Waals surface area contributed by atoms with E-state index in [1.54, 1.807) is 16.8 Å². The minimum absolute atomic E-state index is 0.0121. The molecule has 1 unspecified atom stereocenters. The Bertz CT molecular complexity index is 694. The zero-order valence-corrected chi connectivity index (χ0v) is 12.9. The topological polar surface area (TPSA) is 77.1 Å². The number of hydrogen-bond acceptors (Lipinski definition) is 3. The van der Waals surface area contributed by atoms with Crippen LogP contribution in [-0.2, 0) is 11.3 Å². The molecule has 1 atom stereocenters. The van der Waals surface area contributed by atoms with E-state index < -0.39 is 0 Å². The molecule has 0 bridgehead atoms. The fraction of sp³-hybridized carbons (Fsp3) is 0.412. The van der Waals surface area contributed by atoms with E-state index >= 15 is 0 Å². The molecule has 5 heteroatoms. The first-order valence-corrected chi connectivity index (χ1v) is 7.73. The zero-order chi connectivity index (χ0) is 15.9. The lowest BCUT2D eigenvalue weighted by atomic mass is 10.1. The summed E-state index contributed by atoms with van der Waals surface area (Å²) in [7, 11) is 0. The summed E-state index contributed by atoms with van der Waals surface area (Å²) >= 11 is 0. The molecule has 1 aromatic carbocycles. The zero-order valence-electron chi connectivity index (χ0n) is 12.9. The molecular weight excluding hydrogens is 278 g/mol. The van der Waals surface area contributed by atoms with E-state index in [1.165, 1.54) is 6.07 Å². The second-order valence-corrected chi connectivity index (χ2v) is 5.47. The molecule has 0 aliphatic heterocycles. The normalized spacial score (nSPS) is 12.3. The van der Waals surface area contributed by atoms with Crippen LogP contribution in [0, 0.1) is 0 Å². The van der Waals surface area contributed by atoms with E-state index in [4.69, 9.17) is 5.73 Å². The van der Waals surface area contributed by atoms with Crippen LogP contribution in [0.5, 0.6) is 0 Å². The minimum Gasteiger partial charge on any atom is -0.351 e. The molecule has 5 nitrogen and oxygen atoms in total. The molecule has 0 saturated heterocycles. The van der Waals surface area contributed by atoms with Gasteiger partial charge in [-0.15, -0.1) is 0 Å². The highest BCUT2D eigenvalue weighted by atomic mass is 16.2. The van der Waals surface area contributed by atoms with Crippen LogP contribution in [0.15, 0.2) is 41.3 Å². The number of fused-ring (bicyclic) bond motifs is 1. The van der Waals surface area contributed by atoms with Crippen LogP contribution >= 0.6 is 0 Å². The predicted molar refractivity (Wildman–Crippen MR) is 88.7 cm³/mol. The molecule has 3 N–H and O–H groups in total. The van der Waals surface area contributed by atoms with Crippen molar-refractivity contribution in [3.05, 3.63) is 46.8 Å². The van der Waals surface area contributed by atoms with Crippen LogP contribution in [0.1, 0.15) is 26.2 Å². The fourth-order valence-corrected chi connectivity index (χ4v) is 2.53. The van der Waals surface area contributed by atoms with Crippen molar-refractivity contribution < 1.29 is 4.79 Å². The molecule has 1 amide bonds. The first-order valence-electron chi connectivity index (χ1n) is 7.73.